The summed E-state index contributed by atoms with van der Waals surface area (Å²) >= 11 is 5.87. The van der Waals surface area contributed by atoms with Gasteiger partial charge in [0, 0.05) is 5.02 Å². The minimum atomic E-state index is -3.86. The number of methoxy groups -OCH3 is 1. The quantitative estimate of drug-likeness (QED) is 0.625. The van der Waals surface area contributed by atoms with Crippen molar-refractivity contribution in [2.24, 2.45) is 0 Å². The van der Waals surface area contributed by atoms with Gasteiger partial charge >= 0.3 is 5.97 Å². The zero-order valence-corrected chi connectivity index (χ0v) is 16.8. The lowest BCUT2D eigenvalue weighted by Gasteiger charge is -2.11. The maximum Gasteiger partial charge on any atom is 0.321 e. The summed E-state index contributed by atoms with van der Waals surface area (Å²) in [6.45, 7) is 0.621. The summed E-state index contributed by atoms with van der Waals surface area (Å²) in [4.78, 5) is 23.7. The van der Waals surface area contributed by atoms with Gasteiger partial charge in [0.25, 0.3) is 5.91 Å². The Morgan fingerprint density at radius 2 is 1.79 bits per heavy atom. The molecule has 1 amide bonds. The van der Waals surface area contributed by atoms with E-state index in [0.29, 0.717) is 16.5 Å². The van der Waals surface area contributed by atoms with Crippen molar-refractivity contribution in [2.45, 2.75) is 11.8 Å². The van der Waals surface area contributed by atoms with Crippen LogP contribution in [0.2, 0.25) is 5.02 Å². The largest absolute Gasteiger partial charge is 0.495 e. The molecule has 10 heteroatoms. The molecular weight excluding hydrogens is 408 g/mol. The smallest absolute Gasteiger partial charge is 0.321 e. The molecule has 2 rings (SSSR count). The van der Waals surface area contributed by atoms with E-state index in [4.69, 9.17) is 21.1 Å². The second-order valence-electron chi connectivity index (χ2n) is 5.69. The van der Waals surface area contributed by atoms with Crippen molar-refractivity contribution in [3.63, 3.8) is 0 Å². The van der Waals surface area contributed by atoms with Crippen LogP contribution in [0, 0.1) is 6.92 Å². The highest BCUT2D eigenvalue weighted by molar-refractivity contribution is 7.89. The Kier molecular flexibility index (Phi) is 7.38. The second-order valence-corrected chi connectivity index (χ2v) is 7.89. The molecule has 0 aromatic heterocycles. The van der Waals surface area contributed by atoms with Gasteiger partial charge in [0.05, 0.1) is 17.7 Å². The van der Waals surface area contributed by atoms with E-state index in [1.807, 2.05) is 6.92 Å². The van der Waals surface area contributed by atoms with Crippen LogP contribution in [-0.2, 0) is 24.3 Å². The Balaban J connectivity index is 1.84. The maximum atomic E-state index is 12.1. The fourth-order valence-corrected chi connectivity index (χ4v) is 3.26. The zero-order valence-electron chi connectivity index (χ0n) is 15.2. The van der Waals surface area contributed by atoms with Gasteiger partial charge in [0.1, 0.15) is 12.3 Å². The van der Waals surface area contributed by atoms with Gasteiger partial charge in [-0.3, -0.25) is 9.59 Å². The molecule has 0 radical (unpaired) electrons. The predicted octanol–water partition coefficient (Wildman–Crippen LogP) is 2.12. The molecule has 0 heterocycles. The first kappa shape index (κ1) is 21.7. The normalized spacial score (nSPS) is 11.0. The number of rotatable bonds is 8. The lowest BCUT2D eigenvalue weighted by molar-refractivity contribution is -0.146. The molecule has 28 heavy (non-hydrogen) atoms. The molecule has 0 bridgehead atoms. The topological polar surface area (TPSA) is 111 Å². The summed E-state index contributed by atoms with van der Waals surface area (Å²) in [5.74, 6) is -1.14. The van der Waals surface area contributed by atoms with Crippen molar-refractivity contribution >= 4 is 39.2 Å². The van der Waals surface area contributed by atoms with E-state index in [-0.39, 0.29) is 4.90 Å². The third-order valence-electron chi connectivity index (χ3n) is 3.54. The molecule has 0 fully saturated rings. The van der Waals surface area contributed by atoms with E-state index >= 15 is 0 Å². The average Bonchev–Trinajstić information content (AvgIpc) is 2.65. The summed E-state index contributed by atoms with van der Waals surface area (Å²) in [5, 5.41) is 2.88. The minimum absolute atomic E-state index is 0.0247. The van der Waals surface area contributed by atoms with E-state index in [1.54, 1.807) is 24.3 Å². The Morgan fingerprint density at radius 3 is 2.43 bits per heavy atom. The molecule has 8 nitrogen and oxygen atoms in total. The van der Waals surface area contributed by atoms with Gasteiger partial charge in [-0.25, -0.2) is 8.42 Å². The van der Waals surface area contributed by atoms with Crippen LogP contribution in [0.5, 0.6) is 5.75 Å². The number of amides is 1. The summed E-state index contributed by atoms with van der Waals surface area (Å²) in [6.07, 6.45) is 0. The number of nitrogens with one attached hydrogen (secondary N) is 2. The van der Waals surface area contributed by atoms with E-state index in [1.165, 1.54) is 25.3 Å². The zero-order chi connectivity index (χ0) is 20.7. The van der Waals surface area contributed by atoms with Crippen molar-refractivity contribution in [1.82, 2.24) is 4.72 Å². The van der Waals surface area contributed by atoms with Gasteiger partial charge in [-0.15, -0.1) is 0 Å². The average molecular weight is 427 g/mol. The van der Waals surface area contributed by atoms with Crippen LogP contribution in [0.25, 0.3) is 0 Å². The Morgan fingerprint density at radius 1 is 1.11 bits per heavy atom. The standard InChI is InChI=1S/C18H19ClN2O6S/c1-12-3-6-14(7-4-12)28(24,25)20-10-18(23)27-11-17(22)21-15-9-13(19)5-8-16(15)26-2/h3-9,20H,10-11H2,1-2H3,(H,21,22). The highest BCUT2D eigenvalue weighted by atomic mass is 35.5. The number of halogens is 1. The number of esters is 1. The number of benzene rings is 2. The van der Waals surface area contributed by atoms with E-state index < -0.39 is 35.1 Å². The molecule has 0 aliphatic heterocycles. The first-order valence-electron chi connectivity index (χ1n) is 8.06. The molecule has 2 aromatic rings. The van der Waals surface area contributed by atoms with Gasteiger partial charge in [-0.1, -0.05) is 29.3 Å². The first-order valence-corrected chi connectivity index (χ1v) is 9.93. The van der Waals surface area contributed by atoms with Crippen LogP contribution in [-0.4, -0.2) is 40.6 Å². The van der Waals surface area contributed by atoms with Crippen LogP contribution in [0.4, 0.5) is 5.69 Å². The van der Waals surface area contributed by atoms with Gasteiger partial charge in [0.2, 0.25) is 10.0 Å². The molecule has 0 saturated heterocycles. The lowest BCUT2D eigenvalue weighted by atomic mass is 10.2. The number of hydrogen-bond donors (Lipinski definition) is 2. The van der Waals surface area contributed by atoms with E-state index in [0.717, 1.165) is 5.56 Å². The van der Waals surface area contributed by atoms with Gasteiger partial charge in [0.15, 0.2) is 6.61 Å². The molecular formula is C18H19ClN2O6S. The van der Waals surface area contributed by atoms with Gasteiger partial charge in [-0.05, 0) is 37.3 Å². The number of sulfonamides is 1. The van der Waals surface area contributed by atoms with Crippen LogP contribution < -0.4 is 14.8 Å². The molecule has 0 aliphatic rings. The van der Waals surface area contributed by atoms with Crippen LogP contribution in [0.15, 0.2) is 47.4 Å². The highest BCUT2D eigenvalue weighted by Gasteiger charge is 2.17. The number of carbonyl (C=O) groups excluding carboxylic acids is 2. The molecule has 150 valence electrons. The maximum absolute atomic E-state index is 12.1. The summed E-state index contributed by atoms with van der Waals surface area (Å²) in [6, 6.07) is 10.8. The first-order chi connectivity index (χ1) is 13.2. The van der Waals surface area contributed by atoms with Gasteiger partial charge < -0.3 is 14.8 Å². The SMILES string of the molecule is COc1ccc(Cl)cc1NC(=O)COC(=O)CNS(=O)(=O)c1ccc(C)cc1. The Labute approximate surface area is 167 Å². The van der Waals surface area contributed by atoms with E-state index in [9.17, 15) is 18.0 Å². The van der Waals surface area contributed by atoms with Crippen molar-refractivity contribution in [1.29, 1.82) is 0 Å². The number of hydrogen-bond acceptors (Lipinski definition) is 6. The third kappa shape index (κ3) is 6.22. The summed E-state index contributed by atoms with van der Waals surface area (Å²) in [5.41, 5.74) is 1.22. The number of carbonyl (C=O) groups is 2. The molecule has 0 unspecified atom stereocenters. The fourth-order valence-electron chi connectivity index (χ4n) is 2.12. The fraction of sp³-hybridized carbons (Fsp3) is 0.222. The third-order valence-corrected chi connectivity index (χ3v) is 5.19. The molecule has 2 N–H and O–H groups in total. The van der Waals surface area contributed by atoms with Crippen molar-refractivity contribution < 1.29 is 27.5 Å². The van der Waals surface area contributed by atoms with Crippen molar-refractivity contribution in [3.05, 3.63) is 53.1 Å². The van der Waals surface area contributed by atoms with Crippen LogP contribution in [0.3, 0.4) is 0 Å². The summed E-state index contributed by atoms with van der Waals surface area (Å²) in [7, 11) is -2.43. The van der Waals surface area contributed by atoms with Gasteiger partial charge in [-0.2, -0.15) is 4.72 Å². The molecule has 0 atom stereocenters. The number of anilines is 1. The van der Waals surface area contributed by atoms with E-state index in [2.05, 4.69) is 10.0 Å². The monoisotopic (exact) mass is 426 g/mol. The lowest BCUT2D eigenvalue weighted by Crippen LogP contribution is -2.32. The molecule has 0 spiro atoms. The predicted molar refractivity (Wildman–Crippen MR) is 104 cm³/mol. The molecule has 0 saturated carbocycles. The molecule has 0 aliphatic carbocycles. The minimum Gasteiger partial charge on any atom is -0.495 e. The van der Waals surface area contributed by atoms with Crippen molar-refractivity contribution in [3.8, 4) is 5.75 Å². The molecule has 2 aromatic carbocycles. The van der Waals surface area contributed by atoms with Crippen LogP contribution >= 0.6 is 11.6 Å². The number of ether oxygens (including phenoxy) is 2. The van der Waals surface area contributed by atoms with Crippen LogP contribution in [0.1, 0.15) is 5.56 Å². The second kappa shape index (κ2) is 9.54. The Hall–Kier alpha value is -2.62. The Bertz CT molecular complexity index is 961. The van der Waals surface area contributed by atoms with Crippen molar-refractivity contribution in [2.75, 3.05) is 25.6 Å². The summed E-state index contributed by atoms with van der Waals surface area (Å²) < 4.78 is 36.2. The highest BCUT2D eigenvalue weighted by Crippen LogP contribution is 2.27. The number of aryl methyl sites for hydroxylation is 1.